The van der Waals surface area contributed by atoms with Crippen molar-refractivity contribution in [2.45, 2.75) is 17.4 Å². The lowest BCUT2D eigenvalue weighted by Crippen LogP contribution is -2.15. The van der Waals surface area contributed by atoms with E-state index in [0.29, 0.717) is 5.56 Å². The fourth-order valence-electron chi connectivity index (χ4n) is 1.28. The van der Waals surface area contributed by atoms with Gasteiger partial charge in [0.25, 0.3) is 0 Å². The van der Waals surface area contributed by atoms with E-state index in [-0.39, 0.29) is 11.3 Å². The Morgan fingerprint density at radius 3 is 2.62 bits per heavy atom. The molecule has 6 heteroatoms. The van der Waals surface area contributed by atoms with E-state index >= 15 is 0 Å². The quantitative estimate of drug-likeness (QED) is 0.805. The molecule has 0 saturated carbocycles. The van der Waals surface area contributed by atoms with Crippen LogP contribution in [0.2, 0.25) is 0 Å². The Hall–Kier alpha value is -1.40. The van der Waals surface area contributed by atoms with Gasteiger partial charge in [-0.3, -0.25) is 4.79 Å². The van der Waals surface area contributed by atoms with Crippen molar-refractivity contribution >= 4 is 15.8 Å². The van der Waals surface area contributed by atoms with Gasteiger partial charge in [0.05, 0.1) is 11.3 Å². The van der Waals surface area contributed by atoms with Crippen LogP contribution in [-0.4, -0.2) is 25.7 Å². The van der Waals surface area contributed by atoms with Crippen LogP contribution in [0.3, 0.4) is 0 Å². The van der Waals surface area contributed by atoms with E-state index in [9.17, 15) is 13.2 Å². The Kier molecular flexibility index (Phi) is 3.66. The Bertz CT molecular complexity index is 495. The minimum atomic E-state index is -3.29. The van der Waals surface area contributed by atoms with E-state index in [4.69, 9.17) is 10.8 Å². The number of carboxylic acid groups (broad SMARTS) is 1. The van der Waals surface area contributed by atoms with Gasteiger partial charge in [-0.2, -0.15) is 0 Å². The van der Waals surface area contributed by atoms with Gasteiger partial charge in [0.15, 0.2) is 9.84 Å². The zero-order valence-electron chi connectivity index (χ0n) is 8.75. The molecule has 0 amide bonds. The summed E-state index contributed by atoms with van der Waals surface area (Å²) in [4.78, 5) is 10.6. The molecule has 1 aromatic carbocycles. The molecular weight excluding hydrogens is 230 g/mol. The highest BCUT2D eigenvalue weighted by Crippen LogP contribution is 2.18. The number of carboxylic acids is 1. The average molecular weight is 243 g/mol. The zero-order valence-corrected chi connectivity index (χ0v) is 9.57. The molecule has 5 nitrogen and oxygen atoms in total. The minimum absolute atomic E-state index is 0.144. The molecule has 1 aromatic rings. The van der Waals surface area contributed by atoms with Crippen LogP contribution in [0.5, 0.6) is 0 Å². The maximum absolute atomic E-state index is 11.3. The van der Waals surface area contributed by atoms with Crippen molar-refractivity contribution in [3.8, 4) is 0 Å². The predicted octanol–water partition coefficient (Wildman–Crippen LogP) is 0.565. The Labute approximate surface area is 93.8 Å². The second kappa shape index (κ2) is 4.63. The van der Waals surface area contributed by atoms with Gasteiger partial charge in [-0.1, -0.05) is 12.1 Å². The highest BCUT2D eigenvalue weighted by molar-refractivity contribution is 7.90. The van der Waals surface area contributed by atoms with Gasteiger partial charge >= 0.3 is 5.97 Å². The molecule has 88 valence electrons. The molecule has 0 heterocycles. The smallest absolute Gasteiger partial charge is 0.305 e. The summed E-state index contributed by atoms with van der Waals surface area (Å²) in [6, 6.07) is 5.32. The molecule has 0 aromatic heterocycles. The van der Waals surface area contributed by atoms with Crippen LogP contribution in [0.25, 0.3) is 0 Å². The summed E-state index contributed by atoms with van der Waals surface area (Å²) >= 11 is 0. The van der Waals surface area contributed by atoms with E-state index in [1.807, 2.05) is 0 Å². The Balaban J connectivity index is 3.04. The summed E-state index contributed by atoms with van der Waals surface area (Å²) in [5.41, 5.74) is 6.14. The Morgan fingerprint density at radius 2 is 2.12 bits per heavy atom. The van der Waals surface area contributed by atoms with Gasteiger partial charge < -0.3 is 10.8 Å². The van der Waals surface area contributed by atoms with E-state index < -0.39 is 21.8 Å². The number of aliphatic carboxylic acids is 1. The van der Waals surface area contributed by atoms with Gasteiger partial charge in [-0.05, 0) is 17.7 Å². The van der Waals surface area contributed by atoms with Crippen molar-refractivity contribution in [3.63, 3.8) is 0 Å². The number of hydrogen-bond acceptors (Lipinski definition) is 4. The van der Waals surface area contributed by atoms with Gasteiger partial charge in [-0.25, -0.2) is 8.42 Å². The second-order valence-electron chi connectivity index (χ2n) is 3.55. The maximum Gasteiger partial charge on any atom is 0.305 e. The normalized spacial score (nSPS) is 13.4. The molecule has 0 bridgehead atoms. The largest absolute Gasteiger partial charge is 0.481 e. The first-order valence-electron chi connectivity index (χ1n) is 4.58. The van der Waals surface area contributed by atoms with Crippen molar-refractivity contribution < 1.29 is 18.3 Å². The second-order valence-corrected chi connectivity index (χ2v) is 5.56. The number of nitrogens with two attached hydrogens (primary N) is 1. The first-order valence-corrected chi connectivity index (χ1v) is 6.47. The summed E-state index contributed by atoms with van der Waals surface area (Å²) in [6.45, 7) is 0. The van der Waals surface area contributed by atoms with Gasteiger partial charge in [0.1, 0.15) is 0 Å². The number of benzene rings is 1. The maximum atomic E-state index is 11.3. The predicted molar refractivity (Wildman–Crippen MR) is 58.7 cm³/mol. The van der Waals surface area contributed by atoms with Crippen LogP contribution in [-0.2, 0) is 14.6 Å². The third-order valence-electron chi connectivity index (χ3n) is 2.11. The zero-order chi connectivity index (χ0) is 12.3. The summed E-state index contributed by atoms with van der Waals surface area (Å²) < 4.78 is 22.5. The highest BCUT2D eigenvalue weighted by Gasteiger charge is 2.13. The number of carbonyl (C=O) groups is 1. The van der Waals surface area contributed by atoms with Crippen molar-refractivity contribution in [3.05, 3.63) is 29.8 Å². The van der Waals surface area contributed by atoms with Crippen LogP contribution >= 0.6 is 0 Å². The molecule has 0 aliphatic rings. The van der Waals surface area contributed by atoms with Gasteiger partial charge in [-0.15, -0.1) is 0 Å². The van der Waals surface area contributed by atoms with Gasteiger partial charge in [0, 0.05) is 12.3 Å². The third-order valence-corrected chi connectivity index (χ3v) is 3.22. The summed E-state index contributed by atoms with van der Waals surface area (Å²) in [6.07, 6.45) is 0.863. The minimum Gasteiger partial charge on any atom is -0.481 e. The van der Waals surface area contributed by atoms with Crippen LogP contribution < -0.4 is 5.73 Å². The molecule has 0 aliphatic carbocycles. The van der Waals surface area contributed by atoms with Crippen LogP contribution in [0.4, 0.5) is 0 Å². The van der Waals surface area contributed by atoms with Gasteiger partial charge in [0.2, 0.25) is 0 Å². The number of hydrogen-bond donors (Lipinski definition) is 2. The summed E-state index contributed by atoms with van der Waals surface area (Å²) in [5.74, 6) is -1.02. The van der Waals surface area contributed by atoms with Crippen LogP contribution in [0.15, 0.2) is 29.2 Å². The van der Waals surface area contributed by atoms with E-state index in [1.165, 1.54) is 12.1 Å². The molecule has 1 unspecified atom stereocenters. The van der Waals surface area contributed by atoms with E-state index in [0.717, 1.165) is 6.26 Å². The molecular formula is C10H13NO4S. The lowest BCUT2D eigenvalue weighted by Gasteiger charge is -2.10. The Morgan fingerprint density at radius 1 is 1.50 bits per heavy atom. The third kappa shape index (κ3) is 3.32. The average Bonchev–Trinajstić information content (AvgIpc) is 2.15. The molecule has 0 fully saturated rings. The molecule has 1 rings (SSSR count). The summed E-state index contributed by atoms with van der Waals surface area (Å²) in [7, 11) is -3.29. The monoisotopic (exact) mass is 243 g/mol. The van der Waals surface area contributed by atoms with E-state index in [1.54, 1.807) is 12.1 Å². The van der Waals surface area contributed by atoms with Crippen molar-refractivity contribution in [2.24, 2.45) is 5.73 Å². The fraction of sp³-hybridized carbons (Fsp3) is 0.300. The molecule has 0 saturated heterocycles. The molecule has 0 spiro atoms. The number of sulfone groups is 1. The standard InChI is InChI=1S/C10H13NO4S/c1-16(14,15)8-4-2-3-7(5-8)9(11)6-10(12)13/h2-5,9H,6,11H2,1H3,(H,12,13). The molecule has 0 aliphatic heterocycles. The van der Waals surface area contributed by atoms with E-state index in [2.05, 4.69) is 0 Å². The fourth-order valence-corrected chi connectivity index (χ4v) is 1.96. The molecule has 3 N–H and O–H groups in total. The lowest BCUT2D eigenvalue weighted by molar-refractivity contribution is -0.137. The SMILES string of the molecule is CS(=O)(=O)c1cccc(C(N)CC(=O)O)c1. The first kappa shape index (κ1) is 12.7. The van der Waals surface area contributed by atoms with Crippen LogP contribution in [0.1, 0.15) is 18.0 Å². The molecule has 1 atom stereocenters. The molecule has 0 radical (unpaired) electrons. The first-order chi connectivity index (χ1) is 7.30. The molecule has 16 heavy (non-hydrogen) atoms. The lowest BCUT2D eigenvalue weighted by atomic mass is 10.1. The van der Waals surface area contributed by atoms with Crippen LogP contribution in [0, 0.1) is 0 Å². The number of rotatable bonds is 4. The topological polar surface area (TPSA) is 97.5 Å². The highest BCUT2D eigenvalue weighted by atomic mass is 32.2. The van der Waals surface area contributed by atoms with Crippen molar-refractivity contribution in [1.29, 1.82) is 0 Å². The van der Waals surface area contributed by atoms with Crippen molar-refractivity contribution in [1.82, 2.24) is 0 Å². The summed E-state index contributed by atoms with van der Waals surface area (Å²) in [5, 5.41) is 8.58. The van der Waals surface area contributed by atoms with Crippen molar-refractivity contribution in [2.75, 3.05) is 6.26 Å².